The summed E-state index contributed by atoms with van der Waals surface area (Å²) in [5.41, 5.74) is 0. The summed E-state index contributed by atoms with van der Waals surface area (Å²) < 4.78 is 5.14. The average Bonchev–Trinajstić information content (AvgIpc) is 3.41. The van der Waals surface area contributed by atoms with Gasteiger partial charge >= 0.3 is 0 Å². The van der Waals surface area contributed by atoms with Gasteiger partial charge in [0.1, 0.15) is 12.4 Å². The summed E-state index contributed by atoms with van der Waals surface area (Å²) in [6.07, 6.45) is 49.4. The first-order chi connectivity index (χ1) is 21.2. The molecule has 0 saturated carbocycles. The molecular formula is C41H81N2+. The first kappa shape index (κ1) is 40.2. The molecule has 0 spiro atoms. The SMILES string of the molecule is CCCCCCCCCCCCCCCCCC[n+]1ccn(CCCCCCCCCCCCCCCCC)c1C(C)C. The molecule has 2 nitrogen and oxygen atoms in total. The van der Waals surface area contributed by atoms with Gasteiger partial charge in [0.05, 0.1) is 19.0 Å². The summed E-state index contributed by atoms with van der Waals surface area (Å²) in [5.74, 6) is 2.15. The lowest BCUT2D eigenvalue weighted by Crippen LogP contribution is -2.38. The van der Waals surface area contributed by atoms with Crippen molar-refractivity contribution in [1.29, 1.82) is 0 Å². The van der Waals surface area contributed by atoms with E-state index in [-0.39, 0.29) is 0 Å². The molecule has 0 aliphatic rings. The molecule has 43 heavy (non-hydrogen) atoms. The summed E-state index contributed by atoms with van der Waals surface area (Å²) in [4.78, 5) is 0. The van der Waals surface area contributed by atoms with Crippen LogP contribution in [0.2, 0.25) is 0 Å². The lowest BCUT2D eigenvalue weighted by atomic mass is 10.0. The van der Waals surface area contributed by atoms with Gasteiger partial charge < -0.3 is 0 Å². The number of nitrogens with zero attached hydrogens (tertiary/aromatic N) is 2. The van der Waals surface area contributed by atoms with Gasteiger partial charge in [-0.25, -0.2) is 9.13 Å². The van der Waals surface area contributed by atoms with Crippen molar-refractivity contribution >= 4 is 0 Å². The van der Waals surface area contributed by atoms with Crippen molar-refractivity contribution < 1.29 is 4.57 Å². The predicted molar refractivity (Wildman–Crippen MR) is 193 cm³/mol. The number of hydrogen-bond donors (Lipinski definition) is 0. The molecule has 0 saturated heterocycles. The van der Waals surface area contributed by atoms with E-state index >= 15 is 0 Å². The maximum atomic E-state index is 2.57. The molecule has 2 heteroatoms. The normalized spacial score (nSPS) is 11.7. The summed E-state index contributed by atoms with van der Waals surface area (Å²) in [7, 11) is 0. The van der Waals surface area contributed by atoms with Crippen LogP contribution in [-0.2, 0) is 13.1 Å². The Morgan fingerprint density at radius 3 is 1.07 bits per heavy atom. The van der Waals surface area contributed by atoms with Gasteiger partial charge in [0.2, 0.25) is 0 Å². The van der Waals surface area contributed by atoms with Crippen LogP contribution in [0.5, 0.6) is 0 Å². The van der Waals surface area contributed by atoms with Gasteiger partial charge in [-0.1, -0.05) is 201 Å². The Morgan fingerprint density at radius 2 is 0.744 bits per heavy atom. The molecule has 0 aliphatic heterocycles. The average molecular weight is 602 g/mol. The van der Waals surface area contributed by atoms with Crippen molar-refractivity contribution in [2.45, 2.75) is 246 Å². The molecule has 0 aliphatic carbocycles. The highest BCUT2D eigenvalue weighted by Gasteiger charge is 2.20. The molecule has 0 fully saturated rings. The number of aryl methyl sites for hydroxylation is 2. The number of unbranched alkanes of at least 4 members (excludes halogenated alkanes) is 29. The van der Waals surface area contributed by atoms with Crippen LogP contribution in [0, 0.1) is 0 Å². The van der Waals surface area contributed by atoms with Gasteiger partial charge in [-0.2, -0.15) is 0 Å². The zero-order chi connectivity index (χ0) is 31.1. The molecule has 0 bridgehead atoms. The Morgan fingerprint density at radius 1 is 0.442 bits per heavy atom. The predicted octanol–water partition coefficient (Wildman–Crippen LogP) is 14.0. The quantitative estimate of drug-likeness (QED) is 0.0549. The van der Waals surface area contributed by atoms with Crippen LogP contribution < -0.4 is 4.57 Å². The molecule has 1 heterocycles. The van der Waals surface area contributed by atoms with E-state index in [2.05, 4.69) is 49.2 Å². The highest BCUT2D eigenvalue weighted by Crippen LogP contribution is 2.17. The molecule has 1 aromatic rings. The third kappa shape index (κ3) is 24.2. The Balaban J connectivity index is 1.98. The van der Waals surface area contributed by atoms with Crippen LogP contribution in [0.25, 0.3) is 0 Å². The molecule has 0 amide bonds. The van der Waals surface area contributed by atoms with Crippen molar-refractivity contribution in [2.75, 3.05) is 0 Å². The number of imidazole rings is 1. The van der Waals surface area contributed by atoms with Gasteiger partial charge in [-0.15, -0.1) is 0 Å². The standard InChI is InChI=1S/C41H81N2/c1-5-7-9-11-13-15-17-19-21-23-25-27-29-31-33-35-37-43-39-38-42(41(43)40(3)4)36-34-32-30-28-26-24-22-20-18-16-14-12-10-8-6-2/h38-40H,5-37H2,1-4H3/q+1. The minimum Gasteiger partial charge on any atom is -0.234 e. The zero-order valence-electron chi connectivity index (χ0n) is 30.5. The van der Waals surface area contributed by atoms with E-state index in [0.29, 0.717) is 5.92 Å². The van der Waals surface area contributed by atoms with Crippen LogP contribution in [0.3, 0.4) is 0 Å². The maximum Gasteiger partial charge on any atom is 0.258 e. The summed E-state index contributed by atoms with van der Waals surface area (Å²) in [5, 5.41) is 0. The van der Waals surface area contributed by atoms with E-state index in [1.165, 1.54) is 212 Å². The Labute approximate surface area is 272 Å². The van der Waals surface area contributed by atoms with Crippen LogP contribution in [0.1, 0.15) is 238 Å². The lowest BCUT2D eigenvalue weighted by molar-refractivity contribution is -0.705. The first-order valence-corrected chi connectivity index (χ1v) is 20.3. The fourth-order valence-electron chi connectivity index (χ4n) is 7.00. The second-order valence-corrected chi connectivity index (χ2v) is 14.5. The Kier molecular flexibility index (Phi) is 29.2. The van der Waals surface area contributed by atoms with Crippen LogP contribution in [0.15, 0.2) is 12.4 Å². The highest BCUT2D eigenvalue weighted by atomic mass is 15.1. The van der Waals surface area contributed by atoms with Gasteiger partial charge in [0, 0.05) is 0 Å². The molecule has 0 N–H and O–H groups in total. The third-order valence-electron chi connectivity index (χ3n) is 9.79. The van der Waals surface area contributed by atoms with Crippen LogP contribution >= 0.6 is 0 Å². The maximum absolute atomic E-state index is 2.57. The summed E-state index contributed by atoms with van der Waals surface area (Å²) >= 11 is 0. The molecule has 1 rings (SSSR count). The first-order valence-electron chi connectivity index (χ1n) is 20.3. The molecule has 1 aromatic heterocycles. The third-order valence-corrected chi connectivity index (χ3v) is 9.79. The lowest BCUT2D eigenvalue weighted by Gasteiger charge is -2.08. The molecule has 254 valence electrons. The van der Waals surface area contributed by atoms with Crippen molar-refractivity contribution in [1.82, 2.24) is 4.57 Å². The van der Waals surface area contributed by atoms with E-state index in [1.54, 1.807) is 5.82 Å². The van der Waals surface area contributed by atoms with Crippen molar-refractivity contribution in [3.63, 3.8) is 0 Å². The largest absolute Gasteiger partial charge is 0.258 e. The van der Waals surface area contributed by atoms with E-state index < -0.39 is 0 Å². The van der Waals surface area contributed by atoms with Crippen molar-refractivity contribution in [2.24, 2.45) is 0 Å². The Bertz CT molecular complexity index is 675. The molecular weight excluding hydrogens is 520 g/mol. The van der Waals surface area contributed by atoms with Crippen molar-refractivity contribution in [3.8, 4) is 0 Å². The van der Waals surface area contributed by atoms with E-state index in [4.69, 9.17) is 0 Å². The molecule has 0 aromatic carbocycles. The van der Waals surface area contributed by atoms with Gasteiger partial charge in [0.25, 0.3) is 5.82 Å². The number of aromatic nitrogens is 2. The number of hydrogen-bond acceptors (Lipinski definition) is 0. The summed E-state index contributed by atoms with van der Waals surface area (Å²) in [6, 6.07) is 0. The molecule has 0 unspecified atom stereocenters. The zero-order valence-corrected chi connectivity index (χ0v) is 30.5. The van der Waals surface area contributed by atoms with Gasteiger partial charge in [0.15, 0.2) is 0 Å². The second-order valence-electron chi connectivity index (χ2n) is 14.5. The smallest absolute Gasteiger partial charge is 0.234 e. The molecule has 0 radical (unpaired) electrons. The summed E-state index contributed by atoms with van der Waals surface area (Å²) in [6.45, 7) is 11.8. The monoisotopic (exact) mass is 602 g/mol. The van der Waals surface area contributed by atoms with Gasteiger partial charge in [-0.3, -0.25) is 0 Å². The highest BCUT2D eigenvalue weighted by molar-refractivity contribution is 4.89. The number of rotatable bonds is 34. The van der Waals surface area contributed by atoms with Crippen LogP contribution in [0.4, 0.5) is 0 Å². The van der Waals surface area contributed by atoms with Crippen LogP contribution in [-0.4, -0.2) is 4.57 Å². The van der Waals surface area contributed by atoms with E-state index in [9.17, 15) is 0 Å². The topological polar surface area (TPSA) is 8.81 Å². The van der Waals surface area contributed by atoms with E-state index in [1.807, 2.05) is 0 Å². The minimum atomic E-state index is 0.604. The van der Waals surface area contributed by atoms with Crippen molar-refractivity contribution in [3.05, 3.63) is 18.2 Å². The second kappa shape index (κ2) is 31.2. The fraction of sp³-hybridized carbons (Fsp3) is 0.927. The van der Waals surface area contributed by atoms with Gasteiger partial charge in [-0.05, 0) is 25.7 Å². The Hall–Kier alpha value is -0.790. The fourth-order valence-corrected chi connectivity index (χ4v) is 7.00. The van der Waals surface area contributed by atoms with E-state index in [0.717, 1.165) is 0 Å². The minimum absolute atomic E-state index is 0.604. The molecule has 0 atom stereocenters.